The lowest BCUT2D eigenvalue weighted by molar-refractivity contribution is 0.184. The first-order valence-corrected chi connectivity index (χ1v) is 7.71. The maximum Gasteiger partial charge on any atom is 0.0125 e. The second-order valence-electron chi connectivity index (χ2n) is 7.49. The van der Waals surface area contributed by atoms with E-state index in [1.165, 1.54) is 26.1 Å². The molecule has 0 spiro atoms. The monoisotopic (exact) mass is 271 g/mol. The molecule has 0 heterocycles. The topological polar surface area (TPSA) is 18.5 Å². The van der Waals surface area contributed by atoms with Crippen LogP contribution in [-0.2, 0) is 0 Å². The number of rotatable bonds is 9. The number of hydrogen-bond acceptors (Lipinski definition) is 3. The van der Waals surface area contributed by atoms with Crippen LogP contribution in [0, 0.1) is 11.3 Å². The van der Waals surface area contributed by atoms with E-state index in [0.717, 1.165) is 12.5 Å². The molecule has 1 unspecified atom stereocenters. The van der Waals surface area contributed by atoms with Crippen molar-refractivity contribution in [2.75, 3.05) is 47.3 Å². The Balaban J connectivity index is 4.30. The Bertz CT molecular complexity index is 219. The lowest BCUT2D eigenvalue weighted by atomic mass is 9.85. The van der Waals surface area contributed by atoms with Crippen molar-refractivity contribution in [3.63, 3.8) is 0 Å². The van der Waals surface area contributed by atoms with Gasteiger partial charge >= 0.3 is 0 Å². The molecule has 3 nitrogen and oxygen atoms in total. The van der Waals surface area contributed by atoms with E-state index in [1.54, 1.807) is 0 Å². The molecule has 0 radical (unpaired) electrons. The molecule has 0 aromatic heterocycles. The molecule has 0 saturated heterocycles. The quantitative estimate of drug-likeness (QED) is 0.695. The Morgan fingerprint density at radius 2 is 1.58 bits per heavy atom. The lowest BCUT2D eigenvalue weighted by Crippen LogP contribution is -2.42. The Labute approximate surface area is 121 Å². The molecule has 1 N–H and O–H groups in total. The molecule has 19 heavy (non-hydrogen) atoms. The Hall–Kier alpha value is -0.120. The molecule has 116 valence electrons. The van der Waals surface area contributed by atoms with Crippen molar-refractivity contribution >= 4 is 0 Å². The summed E-state index contributed by atoms with van der Waals surface area (Å²) in [7, 11) is 6.39. The van der Waals surface area contributed by atoms with Crippen molar-refractivity contribution in [1.29, 1.82) is 0 Å². The standard InChI is InChI=1S/C16H37N3/c1-14(2)13-19(12-11-18(7)8)10-9-15(17-6)16(3,4)5/h14-15,17H,9-13H2,1-8H3. The van der Waals surface area contributed by atoms with E-state index >= 15 is 0 Å². The van der Waals surface area contributed by atoms with Crippen LogP contribution in [0.1, 0.15) is 41.0 Å². The summed E-state index contributed by atoms with van der Waals surface area (Å²) in [5.74, 6) is 0.741. The molecule has 0 bridgehead atoms. The highest BCUT2D eigenvalue weighted by atomic mass is 15.2. The number of likely N-dealkylation sites (N-methyl/N-ethyl adjacent to an activating group) is 1. The van der Waals surface area contributed by atoms with Crippen LogP contribution < -0.4 is 5.32 Å². The van der Waals surface area contributed by atoms with E-state index in [0.29, 0.717) is 11.5 Å². The van der Waals surface area contributed by atoms with Gasteiger partial charge < -0.3 is 15.1 Å². The Morgan fingerprint density at radius 1 is 1.00 bits per heavy atom. The molecular formula is C16H37N3. The molecule has 0 aromatic rings. The third-order valence-electron chi connectivity index (χ3n) is 3.61. The van der Waals surface area contributed by atoms with Crippen molar-refractivity contribution in [1.82, 2.24) is 15.1 Å². The predicted molar refractivity (Wildman–Crippen MR) is 86.8 cm³/mol. The summed E-state index contributed by atoms with van der Waals surface area (Å²) < 4.78 is 0. The second kappa shape index (κ2) is 8.93. The maximum absolute atomic E-state index is 3.48. The zero-order valence-corrected chi connectivity index (χ0v) is 14.6. The van der Waals surface area contributed by atoms with E-state index in [4.69, 9.17) is 0 Å². The predicted octanol–water partition coefficient (Wildman–Crippen LogP) is 2.53. The van der Waals surface area contributed by atoms with Gasteiger partial charge in [-0.25, -0.2) is 0 Å². The minimum absolute atomic E-state index is 0.333. The highest BCUT2D eigenvalue weighted by Crippen LogP contribution is 2.21. The van der Waals surface area contributed by atoms with Crippen LogP contribution in [-0.4, -0.2) is 63.2 Å². The molecular weight excluding hydrogens is 234 g/mol. The van der Waals surface area contributed by atoms with Gasteiger partial charge in [-0.1, -0.05) is 34.6 Å². The summed E-state index contributed by atoms with van der Waals surface area (Å²) in [5.41, 5.74) is 0.333. The van der Waals surface area contributed by atoms with Gasteiger partial charge in [0.25, 0.3) is 0 Å². The molecule has 0 aromatic carbocycles. The van der Waals surface area contributed by atoms with Crippen molar-refractivity contribution in [2.45, 2.75) is 47.1 Å². The van der Waals surface area contributed by atoms with Gasteiger partial charge in [0, 0.05) is 25.7 Å². The van der Waals surface area contributed by atoms with Crippen LogP contribution in [0.5, 0.6) is 0 Å². The molecule has 0 aliphatic heterocycles. The van der Waals surface area contributed by atoms with Gasteiger partial charge in [-0.3, -0.25) is 0 Å². The molecule has 0 saturated carbocycles. The molecule has 0 aliphatic carbocycles. The average molecular weight is 271 g/mol. The summed E-state index contributed by atoms with van der Waals surface area (Å²) in [4.78, 5) is 4.88. The molecule has 0 aliphatic rings. The van der Waals surface area contributed by atoms with E-state index in [9.17, 15) is 0 Å². The van der Waals surface area contributed by atoms with Crippen molar-refractivity contribution in [2.24, 2.45) is 11.3 Å². The molecule has 3 heteroatoms. The van der Waals surface area contributed by atoms with Crippen LogP contribution in [0.25, 0.3) is 0 Å². The van der Waals surface area contributed by atoms with E-state index in [-0.39, 0.29) is 0 Å². The van der Waals surface area contributed by atoms with E-state index < -0.39 is 0 Å². The third-order valence-corrected chi connectivity index (χ3v) is 3.61. The van der Waals surface area contributed by atoms with Crippen molar-refractivity contribution in [3.8, 4) is 0 Å². The zero-order valence-electron chi connectivity index (χ0n) is 14.6. The number of nitrogens with zero attached hydrogens (tertiary/aromatic N) is 2. The van der Waals surface area contributed by atoms with Crippen LogP contribution in [0.3, 0.4) is 0 Å². The van der Waals surface area contributed by atoms with Crippen molar-refractivity contribution < 1.29 is 0 Å². The summed E-state index contributed by atoms with van der Waals surface area (Å²) in [6.45, 7) is 16.3. The van der Waals surface area contributed by atoms with E-state index in [2.05, 4.69) is 70.9 Å². The average Bonchev–Trinajstić information content (AvgIpc) is 2.23. The fourth-order valence-electron chi connectivity index (χ4n) is 2.47. The van der Waals surface area contributed by atoms with Gasteiger partial charge in [0.15, 0.2) is 0 Å². The van der Waals surface area contributed by atoms with Gasteiger partial charge in [0.1, 0.15) is 0 Å². The largest absolute Gasteiger partial charge is 0.316 e. The van der Waals surface area contributed by atoms with Crippen LogP contribution in [0.15, 0.2) is 0 Å². The van der Waals surface area contributed by atoms with E-state index in [1.807, 2.05) is 0 Å². The number of hydrogen-bond donors (Lipinski definition) is 1. The second-order valence-corrected chi connectivity index (χ2v) is 7.49. The third kappa shape index (κ3) is 9.42. The van der Waals surface area contributed by atoms with Crippen molar-refractivity contribution in [3.05, 3.63) is 0 Å². The minimum atomic E-state index is 0.333. The Kier molecular flexibility index (Phi) is 8.88. The molecule has 0 rings (SSSR count). The normalized spacial score (nSPS) is 14.7. The highest BCUT2D eigenvalue weighted by Gasteiger charge is 2.23. The van der Waals surface area contributed by atoms with Gasteiger partial charge in [-0.15, -0.1) is 0 Å². The Morgan fingerprint density at radius 3 is 1.95 bits per heavy atom. The first-order valence-electron chi connectivity index (χ1n) is 7.71. The minimum Gasteiger partial charge on any atom is -0.316 e. The van der Waals surface area contributed by atoms with Crippen LogP contribution in [0.4, 0.5) is 0 Å². The zero-order chi connectivity index (χ0) is 15.1. The van der Waals surface area contributed by atoms with Crippen LogP contribution >= 0.6 is 0 Å². The molecule has 0 amide bonds. The highest BCUT2D eigenvalue weighted by molar-refractivity contribution is 4.80. The summed E-state index contributed by atoms with van der Waals surface area (Å²) in [5, 5.41) is 3.48. The first-order chi connectivity index (χ1) is 8.66. The van der Waals surface area contributed by atoms with Gasteiger partial charge in [0.2, 0.25) is 0 Å². The summed E-state index contributed by atoms with van der Waals surface area (Å²) in [6.07, 6.45) is 1.22. The fourth-order valence-corrected chi connectivity index (χ4v) is 2.47. The first kappa shape index (κ1) is 18.9. The maximum atomic E-state index is 3.48. The molecule has 0 fully saturated rings. The van der Waals surface area contributed by atoms with Crippen LogP contribution in [0.2, 0.25) is 0 Å². The number of nitrogens with one attached hydrogen (secondary N) is 1. The SMILES string of the molecule is CNC(CCN(CCN(C)C)CC(C)C)C(C)(C)C. The van der Waals surface area contributed by atoms with Gasteiger partial charge in [-0.05, 0) is 45.4 Å². The van der Waals surface area contributed by atoms with Gasteiger partial charge in [0.05, 0.1) is 0 Å². The summed E-state index contributed by atoms with van der Waals surface area (Å²) >= 11 is 0. The fraction of sp³-hybridized carbons (Fsp3) is 1.00. The molecule has 1 atom stereocenters. The summed E-state index contributed by atoms with van der Waals surface area (Å²) in [6, 6.07) is 0.585. The smallest absolute Gasteiger partial charge is 0.0125 e. The lowest BCUT2D eigenvalue weighted by Gasteiger charge is -2.33. The van der Waals surface area contributed by atoms with Gasteiger partial charge in [-0.2, -0.15) is 0 Å².